The first kappa shape index (κ1) is 21.9. The highest BCUT2D eigenvalue weighted by atomic mass is 28.4. The Morgan fingerprint density at radius 2 is 0.963 bits per heavy atom. The van der Waals surface area contributed by atoms with E-state index < -0.39 is 8.56 Å². The summed E-state index contributed by atoms with van der Waals surface area (Å²) >= 11 is 0. The van der Waals surface area contributed by atoms with Gasteiger partial charge in [-0.15, -0.1) is 0 Å². The minimum absolute atomic E-state index is 0.370. The molecule has 2 aromatic carbocycles. The lowest BCUT2D eigenvalue weighted by Gasteiger charge is -2.43. The molecule has 0 fully saturated rings. The first-order chi connectivity index (χ1) is 12.7. The zero-order valence-electron chi connectivity index (χ0n) is 17.9. The Morgan fingerprint density at radius 3 is 1.26 bits per heavy atom. The average molecular weight is 385 g/mol. The normalized spacial score (nSPS) is 13.0. The second-order valence-corrected chi connectivity index (χ2v) is 11.6. The standard InChI is InChI=1S/C24H36O2Si/c1-7-19-27(20-8-2,25-23(3,4)21-15-11-9-12-16-21)26-24(5,6)22-17-13-10-14-18-22/h9-18H,7-8,19-20H2,1-6H3. The zero-order chi connectivity index (χ0) is 20.0. The summed E-state index contributed by atoms with van der Waals surface area (Å²) in [5, 5.41) is 0. The molecule has 148 valence electrons. The van der Waals surface area contributed by atoms with Gasteiger partial charge < -0.3 is 8.85 Å². The van der Waals surface area contributed by atoms with Crippen molar-refractivity contribution in [3.63, 3.8) is 0 Å². The van der Waals surface area contributed by atoms with E-state index in [0.717, 1.165) is 24.9 Å². The lowest BCUT2D eigenvalue weighted by atomic mass is 9.99. The topological polar surface area (TPSA) is 18.5 Å². The van der Waals surface area contributed by atoms with Crippen LogP contribution in [0.2, 0.25) is 12.1 Å². The van der Waals surface area contributed by atoms with Gasteiger partial charge >= 0.3 is 8.56 Å². The van der Waals surface area contributed by atoms with Crippen molar-refractivity contribution in [3.8, 4) is 0 Å². The van der Waals surface area contributed by atoms with Crippen LogP contribution in [0.25, 0.3) is 0 Å². The smallest absolute Gasteiger partial charge is 0.339 e. The summed E-state index contributed by atoms with van der Waals surface area (Å²) in [6, 6.07) is 23.1. The van der Waals surface area contributed by atoms with Gasteiger partial charge in [-0.3, -0.25) is 0 Å². The van der Waals surface area contributed by atoms with Crippen LogP contribution in [0.15, 0.2) is 60.7 Å². The van der Waals surface area contributed by atoms with Crippen molar-refractivity contribution in [2.24, 2.45) is 0 Å². The molecule has 0 spiro atoms. The quantitative estimate of drug-likeness (QED) is 0.405. The molecule has 2 rings (SSSR count). The van der Waals surface area contributed by atoms with E-state index in [-0.39, 0.29) is 11.2 Å². The second-order valence-electron chi connectivity index (χ2n) is 8.37. The summed E-state index contributed by atoms with van der Waals surface area (Å²) < 4.78 is 13.9. The van der Waals surface area contributed by atoms with Gasteiger partial charge in [0.2, 0.25) is 0 Å². The summed E-state index contributed by atoms with van der Waals surface area (Å²) in [4.78, 5) is 0. The Bertz CT molecular complexity index is 619. The number of hydrogen-bond acceptors (Lipinski definition) is 2. The summed E-state index contributed by atoms with van der Waals surface area (Å²) in [6.07, 6.45) is 2.14. The van der Waals surface area contributed by atoms with Crippen LogP contribution in [0.4, 0.5) is 0 Å². The molecule has 0 heterocycles. The van der Waals surface area contributed by atoms with Crippen LogP contribution in [0.5, 0.6) is 0 Å². The van der Waals surface area contributed by atoms with Crippen LogP contribution in [0.3, 0.4) is 0 Å². The van der Waals surface area contributed by atoms with E-state index in [4.69, 9.17) is 8.85 Å². The molecule has 0 radical (unpaired) electrons. The van der Waals surface area contributed by atoms with E-state index in [1.807, 2.05) is 0 Å². The van der Waals surface area contributed by atoms with E-state index >= 15 is 0 Å². The first-order valence-electron chi connectivity index (χ1n) is 10.3. The highest BCUT2D eigenvalue weighted by Gasteiger charge is 2.45. The Morgan fingerprint density at radius 1 is 0.630 bits per heavy atom. The molecular weight excluding hydrogens is 348 g/mol. The van der Waals surface area contributed by atoms with Gasteiger partial charge in [0, 0.05) is 0 Å². The molecule has 0 bridgehead atoms. The Hall–Kier alpha value is -1.42. The van der Waals surface area contributed by atoms with Crippen molar-refractivity contribution < 1.29 is 8.85 Å². The van der Waals surface area contributed by atoms with E-state index in [2.05, 4.69) is 102 Å². The summed E-state index contributed by atoms with van der Waals surface area (Å²) in [5.41, 5.74) is 1.67. The van der Waals surface area contributed by atoms with Gasteiger partial charge in [0.25, 0.3) is 0 Å². The molecule has 0 aliphatic rings. The SMILES string of the molecule is CCC[Si](CCC)(OC(C)(C)c1ccccc1)OC(C)(C)c1ccccc1. The summed E-state index contributed by atoms with van der Waals surface area (Å²) in [7, 11) is -2.43. The van der Waals surface area contributed by atoms with E-state index in [9.17, 15) is 0 Å². The molecule has 0 atom stereocenters. The molecule has 0 saturated heterocycles. The predicted molar refractivity (Wildman–Crippen MR) is 117 cm³/mol. The lowest BCUT2D eigenvalue weighted by molar-refractivity contribution is -0.00681. The Balaban J connectivity index is 2.37. The molecule has 0 saturated carbocycles. The van der Waals surface area contributed by atoms with E-state index in [1.54, 1.807) is 0 Å². The van der Waals surface area contributed by atoms with E-state index in [1.165, 1.54) is 11.1 Å². The van der Waals surface area contributed by atoms with Crippen LogP contribution >= 0.6 is 0 Å². The van der Waals surface area contributed by atoms with Gasteiger partial charge in [-0.05, 0) is 50.9 Å². The molecule has 2 aromatic rings. The summed E-state index contributed by atoms with van der Waals surface area (Å²) in [6.45, 7) is 13.2. The predicted octanol–water partition coefficient (Wildman–Crippen LogP) is 7.15. The average Bonchev–Trinajstić information content (AvgIpc) is 2.63. The minimum Gasteiger partial charge on any atom is -0.385 e. The van der Waals surface area contributed by atoms with Gasteiger partial charge in [0.15, 0.2) is 0 Å². The molecule has 3 heteroatoms. The Labute approximate surface area is 167 Å². The molecule has 0 unspecified atom stereocenters. The molecular formula is C24H36O2Si. The maximum atomic E-state index is 6.97. The van der Waals surface area contributed by atoms with Crippen LogP contribution in [-0.4, -0.2) is 8.56 Å². The maximum Gasteiger partial charge on any atom is 0.339 e. The fraction of sp³-hybridized carbons (Fsp3) is 0.500. The van der Waals surface area contributed by atoms with Crippen LogP contribution in [0, 0.1) is 0 Å². The lowest BCUT2D eigenvalue weighted by Crippen LogP contribution is -2.51. The van der Waals surface area contributed by atoms with Crippen LogP contribution in [0.1, 0.15) is 65.5 Å². The zero-order valence-corrected chi connectivity index (χ0v) is 18.9. The van der Waals surface area contributed by atoms with Gasteiger partial charge in [-0.2, -0.15) is 0 Å². The molecule has 0 aliphatic carbocycles. The third-order valence-electron chi connectivity index (χ3n) is 5.08. The summed E-state index contributed by atoms with van der Waals surface area (Å²) in [5.74, 6) is 0. The minimum atomic E-state index is -2.43. The van der Waals surface area contributed by atoms with Crippen molar-refractivity contribution in [3.05, 3.63) is 71.8 Å². The van der Waals surface area contributed by atoms with Gasteiger partial charge in [-0.1, -0.05) is 87.4 Å². The fourth-order valence-corrected chi connectivity index (χ4v) is 8.16. The highest BCUT2D eigenvalue weighted by molar-refractivity contribution is 6.67. The third kappa shape index (κ3) is 5.77. The van der Waals surface area contributed by atoms with Gasteiger partial charge in [0.1, 0.15) is 0 Å². The van der Waals surface area contributed by atoms with E-state index in [0.29, 0.717) is 0 Å². The highest BCUT2D eigenvalue weighted by Crippen LogP contribution is 2.39. The molecule has 0 N–H and O–H groups in total. The maximum absolute atomic E-state index is 6.97. The molecule has 0 amide bonds. The Kier molecular flexibility index (Phi) is 7.44. The third-order valence-corrected chi connectivity index (χ3v) is 9.37. The molecule has 0 aliphatic heterocycles. The second kappa shape index (κ2) is 9.18. The molecule has 27 heavy (non-hydrogen) atoms. The van der Waals surface area contributed by atoms with Crippen molar-refractivity contribution in [2.75, 3.05) is 0 Å². The number of rotatable bonds is 10. The van der Waals surface area contributed by atoms with Gasteiger partial charge in [0.05, 0.1) is 11.2 Å². The van der Waals surface area contributed by atoms with Gasteiger partial charge in [-0.25, -0.2) is 0 Å². The largest absolute Gasteiger partial charge is 0.385 e. The van der Waals surface area contributed by atoms with Crippen molar-refractivity contribution >= 4 is 8.56 Å². The van der Waals surface area contributed by atoms with Crippen LogP contribution < -0.4 is 0 Å². The molecule has 0 aromatic heterocycles. The fourth-order valence-electron chi connectivity index (χ4n) is 3.84. The number of hydrogen-bond donors (Lipinski definition) is 0. The molecule has 2 nitrogen and oxygen atoms in total. The van der Waals surface area contributed by atoms with Crippen molar-refractivity contribution in [2.45, 2.75) is 77.7 Å². The van der Waals surface area contributed by atoms with Crippen LogP contribution in [-0.2, 0) is 20.1 Å². The first-order valence-corrected chi connectivity index (χ1v) is 12.5. The van der Waals surface area contributed by atoms with Crippen molar-refractivity contribution in [1.29, 1.82) is 0 Å². The monoisotopic (exact) mass is 384 g/mol. The van der Waals surface area contributed by atoms with Crippen molar-refractivity contribution in [1.82, 2.24) is 0 Å². The number of benzene rings is 2.